The third-order valence-corrected chi connectivity index (χ3v) is 3.50. The molecule has 1 heterocycles. The van der Waals surface area contributed by atoms with Gasteiger partial charge in [-0.25, -0.2) is 4.39 Å². The SMILES string of the molecule is O=[N+]([O-])c1ccccc1OC1(Cl)CC(F)=CS1. The lowest BCUT2D eigenvalue weighted by atomic mass is 10.3. The number of ether oxygens (including phenoxy) is 1. The van der Waals surface area contributed by atoms with Crippen molar-refractivity contribution < 1.29 is 14.1 Å². The number of halogens is 2. The van der Waals surface area contributed by atoms with Crippen LogP contribution in [0.25, 0.3) is 0 Å². The van der Waals surface area contributed by atoms with Crippen LogP contribution in [0.2, 0.25) is 0 Å². The second-order valence-electron chi connectivity index (χ2n) is 3.35. The Bertz CT molecular complexity index is 496. The Hall–Kier alpha value is -1.27. The molecule has 0 bridgehead atoms. The zero-order chi connectivity index (χ0) is 12.5. The molecule has 1 aromatic carbocycles. The molecule has 1 unspecified atom stereocenters. The summed E-state index contributed by atoms with van der Waals surface area (Å²) in [6, 6.07) is 5.84. The highest BCUT2D eigenvalue weighted by molar-refractivity contribution is 8.04. The summed E-state index contributed by atoms with van der Waals surface area (Å²) in [6.45, 7) is 0. The van der Waals surface area contributed by atoms with Crippen LogP contribution < -0.4 is 4.74 Å². The van der Waals surface area contributed by atoms with Crippen molar-refractivity contribution in [2.24, 2.45) is 0 Å². The van der Waals surface area contributed by atoms with Gasteiger partial charge in [0.15, 0.2) is 5.75 Å². The lowest BCUT2D eigenvalue weighted by Gasteiger charge is -2.21. The molecular formula is C10H7ClFNO3S. The summed E-state index contributed by atoms with van der Waals surface area (Å²) < 4.78 is 16.9. The summed E-state index contributed by atoms with van der Waals surface area (Å²) in [6.07, 6.45) is -0.120. The van der Waals surface area contributed by atoms with Gasteiger partial charge in [-0.1, -0.05) is 35.5 Å². The van der Waals surface area contributed by atoms with Crippen LogP contribution >= 0.6 is 23.4 Å². The average Bonchev–Trinajstić information content (AvgIpc) is 2.59. The molecule has 0 N–H and O–H groups in total. The third-order valence-electron chi connectivity index (χ3n) is 2.07. The number of rotatable bonds is 3. The van der Waals surface area contributed by atoms with Crippen LogP contribution in [0.1, 0.15) is 6.42 Å². The summed E-state index contributed by atoms with van der Waals surface area (Å²) in [5.74, 6) is -0.369. The maximum atomic E-state index is 12.9. The number of hydrogen-bond donors (Lipinski definition) is 0. The van der Waals surface area contributed by atoms with Gasteiger partial charge in [0.1, 0.15) is 5.83 Å². The highest BCUT2D eigenvalue weighted by atomic mass is 35.5. The van der Waals surface area contributed by atoms with Crippen molar-refractivity contribution >= 4 is 29.1 Å². The number of nitro groups is 1. The number of nitrogens with zero attached hydrogens (tertiary/aromatic N) is 1. The van der Waals surface area contributed by atoms with E-state index in [1.807, 2.05) is 0 Å². The summed E-state index contributed by atoms with van der Waals surface area (Å²) in [5, 5.41) is 12.0. The zero-order valence-corrected chi connectivity index (χ0v) is 10.0. The Morgan fingerprint density at radius 3 is 2.82 bits per heavy atom. The minimum atomic E-state index is -1.34. The Morgan fingerprint density at radius 2 is 2.24 bits per heavy atom. The molecule has 0 radical (unpaired) electrons. The quantitative estimate of drug-likeness (QED) is 0.478. The fraction of sp³-hybridized carbons (Fsp3) is 0.200. The molecule has 2 rings (SSSR count). The number of nitro benzene ring substituents is 1. The van der Waals surface area contributed by atoms with Gasteiger partial charge in [-0.3, -0.25) is 10.1 Å². The molecule has 1 aromatic rings. The first kappa shape index (κ1) is 12.2. The summed E-state index contributed by atoms with van der Waals surface area (Å²) >= 11 is 6.95. The van der Waals surface area contributed by atoms with Crippen molar-refractivity contribution in [3.05, 3.63) is 45.6 Å². The predicted molar refractivity (Wildman–Crippen MR) is 63.7 cm³/mol. The first-order chi connectivity index (χ1) is 8.00. The first-order valence-electron chi connectivity index (χ1n) is 4.64. The van der Waals surface area contributed by atoms with E-state index >= 15 is 0 Å². The van der Waals surface area contributed by atoms with E-state index in [1.54, 1.807) is 6.07 Å². The van der Waals surface area contributed by atoms with E-state index < -0.39 is 15.1 Å². The molecule has 0 amide bonds. The standard InChI is InChI=1S/C10H7ClFNO3S/c11-10(5-7(12)6-17-10)16-9-4-2-1-3-8(9)13(14)15/h1-4,6H,5H2. The minimum absolute atomic E-state index is 0.0306. The van der Waals surface area contributed by atoms with Crippen molar-refractivity contribution in [3.8, 4) is 5.75 Å². The van der Waals surface area contributed by atoms with Gasteiger partial charge in [0, 0.05) is 11.5 Å². The van der Waals surface area contributed by atoms with Gasteiger partial charge in [-0.2, -0.15) is 0 Å². The number of alkyl halides is 1. The summed E-state index contributed by atoms with van der Waals surface area (Å²) in [4.78, 5) is 10.2. The zero-order valence-electron chi connectivity index (χ0n) is 8.43. The molecule has 1 aliphatic rings. The van der Waals surface area contributed by atoms with Crippen LogP contribution in [0.3, 0.4) is 0 Å². The fourth-order valence-electron chi connectivity index (χ4n) is 1.36. The van der Waals surface area contributed by atoms with Crippen LogP contribution in [0.5, 0.6) is 5.75 Å². The lowest BCUT2D eigenvalue weighted by Crippen LogP contribution is -2.22. The molecule has 17 heavy (non-hydrogen) atoms. The van der Waals surface area contributed by atoms with Gasteiger partial charge in [-0.15, -0.1) is 0 Å². The maximum absolute atomic E-state index is 12.9. The maximum Gasteiger partial charge on any atom is 0.311 e. The molecule has 0 fully saturated rings. The molecule has 4 nitrogen and oxygen atoms in total. The minimum Gasteiger partial charge on any atom is -0.455 e. The first-order valence-corrected chi connectivity index (χ1v) is 5.90. The Morgan fingerprint density at radius 1 is 1.53 bits per heavy atom. The summed E-state index contributed by atoms with van der Waals surface area (Å²) in [7, 11) is 0. The van der Waals surface area contributed by atoms with Crippen LogP contribution in [0.4, 0.5) is 10.1 Å². The van der Waals surface area contributed by atoms with Crippen LogP contribution in [0.15, 0.2) is 35.5 Å². The molecule has 0 saturated heterocycles. The van der Waals surface area contributed by atoms with Crippen LogP contribution in [0, 0.1) is 10.1 Å². The average molecular weight is 276 g/mol. The summed E-state index contributed by atoms with van der Waals surface area (Å²) in [5.41, 5.74) is -0.194. The van der Waals surface area contributed by atoms with E-state index in [0.717, 1.165) is 11.8 Å². The second-order valence-corrected chi connectivity index (χ2v) is 5.31. The van der Waals surface area contributed by atoms with E-state index in [2.05, 4.69) is 0 Å². The van der Waals surface area contributed by atoms with Gasteiger partial charge in [0.2, 0.25) is 4.39 Å². The van der Waals surface area contributed by atoms with Gasteiger partial charge in [0.05, 0.1) is 11.3 Å². The van der Waals surface area contributed by atoms with Gasteiger partial charge in [0.25, 0.3) is 0 Å². The van der Waals surface area contributed by atoms with Crippen molar-refractivity contribution in [2.45, 2.75) is 10.8 Å². The molecule has 90 valence electrons. The molecule has 0 aliphatic carbocycles. The van der Waals surface area contributed by atoms with Crippen LogP contribution in [-0.2, 0) is 0 Å². The normalized spacial score (nSPS) is 23.3. The number of para-hydroxylation sites is 2. The van der Waals surface area contributed by atoms with E-state index in [-0.39, 0.29) is 17.9 Å². The van der Waals surface area contributed by atoms with E-state index in [4.69, 9.17) is 16.3 Å². The number of thioether (sulfide) groups is 1. The molecular weight excluding hydrogens is 269 g/mol. The Kier molecular flexibility index (Phi) is 3.26. The molecule has 0 aromatic heterocycles. The smallest absolute Gasteiger partial charge is 0.311 e. The highest BCUT2D eigenvalue weighted by Gasteiger charge is 2.38. The van der Waals surface area contributed by atoms with Gasteiger partial charge in [-0.05, 0) is 6.07 Å². The second kappa shape index (κ2) is 4.54. The highest BCUT2D eigenvalue weighted by Crippen LogP contribution is 2.46. The fourth-order valence-corrected chi connectivity index (χ4v) is 2.45. The molecule has 0 saturated carbocycles. The molecule has 0 spiro atoms. The molecule has 1 aliphatic heterocycles. The monoisotopic (exact) mass is 275 g/mol. The van der Waals surface area contributed by atoms with Crippen molar-refractivity contribution in [2.75, 3.05) is 0 Å². The molecule has 1 atom stereocenters. The van der Waals surface area contributed by atoms with Gasteiger partial charge < -0.3 is 4.74 Å². The third kappa shape index (κ3) is 2.70. The van der Waals surface area contributed by atoms with Crippen molar-refractivity contribution in [3.63, 3.8) is 0 Å². The van der Waals surface area contributed by atoms with E-state index in [0.29, 0.717) is 0 Å². The van der Waals surface area contributed by atoms with E-state index in [1.165, 1.54) is 23.6 Å². The molecule has 7 heteroatoms. The van der Waals surface area contributed by atoms with E-state index in [9.17, 15) is 14.5 Å². The van der Waals surface area contributed by atoms with Crippen molar-refractivity contribution in [1.29, 1.82) is 0 Å². The number of benzene rings is 1. The Balaban J connectivity index is 2.22. The largest absolute Gasteiger partial charge is 0.455 e. The van der Waals surface area contributed by atoms with Gasteiger partial charge >= 0.3 is 5.69 Å². The number of hydrogen-bond acceptors (Lipinski definition) is 4. The topological polar surface area (TPSA) is 52.4 Å². The Labute approximate surface area is 106 Å². The van der Waals surface area contributed by atoms with Crippen LogP contribution in [-0.4, -0.2) is 9.32 Å². The van der Waals surface area contributed by atoms with Crippen molar-refractivity contribution in [1.82, 2.24) is 0 Å². The lowest BCUT2D eigenvalue weighted by molar-refractivity contribution is -0.386. The predicted octanol–water partition coefficient (Wildman–Crippen LogP) is 3.81.